The first-order chi connectivity index (χ1) is 8.97. The largest absolute Gasteiger partial charge is 0.438 e. The second-order valence-electron chi connectivity index (χ2n) is 5.41. The van der Waals surface area contributed by atoms with Crippen molar-refractivity contribution >= 4 is 22.8 Å². The summed E-state index contributed by atoms with van der Waals surface area (Å²) >= 11 is 0. The number of nitrogens with zero attached hydrogens (tertiary/aromatic N) is 2. The fraction of sp³-hybridized carbons (Fsp3) is 0.385. The van der Waals surface area contributed by atoms with Crippen LogP contribution in [0.4, 0.5) is 10.5 Å². The molecule has 0 saturated carbocycles. The summed E-state index contributed by atoms with van der Waals surface area (Å²) in [7, 11) is 0. The molecule has 0 radical (unpaired) electrons. The van der Waals surface area contributed by atoms with Gasteiger partial charge in [-0.1, -0.05) is 0 Å². The Balaban J connectivity index is 2.24. The molecular weight excluding hydrogens is 246 g/mol. The summed E-state index contributed by atoms with van der Waals surface area (Å²) in [5, 5.41) is 0.923. The monoisotopic (exact) mass is 261 g/mol. The second kappa shape index (κ2) is 3.88. The number of carbonyl (C=O) groups excluding carboxylic acids is 1. The van der Waals surface area contributed by atoms with E-state index in [1.165, 1.54) is 0 Å². The molecule has 0 bridgehead atoms. The molecule has 0 spiro atoms. The summed E-state index contributed by atoms with van der Waals surface area (Å²) in [5.74, 6) is 0.399. The van der Waals surface area contributed by atoms with Crippen LogP contribution in [0.1, 0.15) is 20.8 Å². The molecule has 1 aliphatic rings. The van der Waals surface area contributed by atoms with E-state index in [4.69, 9.17) is 9.47 Å². The quantitative estimate of drug-likeness (QED) is 0.791. The van der Waals surface area contributed by atoms with E-state index in [2.05, 4.69) is 9.97 Å². The minimum Gasteiger partial charge on any atom is -0.438 e. The zero-order valence-corrected chi connectivity index (χ0v) is 11.1. The summed E-state index contributed by atoms with van der Waals surface area (Å²) in [6, 6.07) is 3.78. The van der Waals surface area contributed by atoms with Gasteiger partial charge < -0.3 is 14.5 Å². The third kappa shape index (κ3) is 1.89. The smallest absolute Gasteiger partial charge is 0.417 e. The van der Waals surface area contributed by atoms with Gasteiger partial charge in [-0.25, -0.2) is 4.79 Å². The highest BCUT2D eigenvalue weighted by molar-refractivity contribution is 5.94. The summed E-state index contributed by atoms with van der Waals surface area (Å²) in [5.41, 5.74) is 0.926. The Kier molecular flexibility index (Phi) is 2.41. The SMILES string of the molecule is CC(C)(C)N1C(=O)OCOc2nc3[nH]ccc3cc21. The number of pyridine rings is 1. The van der Waals surface area contributed by atoms with E-state index < -0.39 is 11.6 Å². The predicted molar refractivity (Wildman–Crippen MR) is 70.3 cm³/mol. The molecule has 6 nitrogen and oxygen atoms in total. The summed E-state index contributed by atoms with van der Waals surface area (Å²) in [6.07, 6.45) is 1.37. The number of ether oxygens (including phenoxy) is 2. The molecule has 1 aliphatic heterocycles. The minimum absolute atomic E-state index is 0.127. The van der Waals surface area contributed by atoms with Gasteiger partial charge in [0.15, 0.2) is 0 Å². The number of anilines is 1. The van der Waals surface area contributed by atoms with Crippen molar-refractivity contribution in [2.24, 2.45) is 0 Å². The van der Waals surface area contributed by atoms with Crippen molar-refractivity contribution in [1.82, 2.24) is 9.97 Å². The molecule has 6 heteroatoms. The molecule has 1 amide bonds. The van der Waals surface area contributed by atoms with Crippen molar-refractivity contribution < 1.29 is 14.3 Å². The van der Waals surface area contributed by atoms with Crippen molar-refractivity contribution in [3.8, 4) is 5.88 Å². The molecule has 0 unspecified atom stereocenters. The average molecular weight is 261 g/mol. The first-order valence-electron chi connectivity index (χ1n) is 6.05. The number of carbonyl (C=O) groups is 1. The molecule has 3 heterocycles. The molecule has 0 aliphatic carbocycles. The van der Waals surface area contributed by atoms with Crippen molar-refractivity contribution in [3.05, 3.63) is 18.3 Å². The maximum absolute atomic E-state index is 12.1. The lowest BCUT2D eigenvalue weighted by Crippen LogP contribution is -2.45. The number of aromatic nitrogens is 2. The Hall–Kier alpha value is -2.24. The Labute approximate surface area is 110 Å². The molecule has 0 atom stereocenters. The maximum atomic E-state index is 12.1. The summed E-state index contributed by atoms with van der Waals surface area (Å²) in [6.45, 7) is 5.68. The van der Waals surface area contributed by atoms with Gasteiger partial charge in [0, 0.05) is 17.1 Å². The number of rotatable bonds is 0. The van der Waals surface area contributed by atoms with Crippen LogP contribution in [-0.2, 0) is 4.74 Å². The van der Waals surface area contributed by atoms with Gasteiger partial charge in [0.1, 0.15) is 11.3 Å². The molecule has 1 N–H and O–H groups in total. The van der Waals surface area contributed by atoms with Crippen LogP contribution < -0.4 is 9.64 Å². The van der Waals surface area contributed by atoms with Crippen molar-refractivity contribution in [2.45, 2.75) is 26.3 Å². The highest BCUT2D eigenvalue weighted by atomic mass is 16.7. The van der Waals surface area contributed by atoms with Crippen LogP contribution >= 0.6 is 0 Å². The lowest BCUT2D eigenvalue weighted by atomic mass is 10.1. The number of aromatic amines is 1. The molecule has 0 fully saturated rings. The topological polar surface area (TPSA) is 67.5 Å². The lowest BCUT2D eigenvalue weighted by molar-refractivity contribution is 0.0664. The zero-order chi connectivity index (χ0) is 13.6. The number of amides is 1. The van der Waals surface area contributed by atoms with E-state index >= 15 is 0 Å². The molecule has 0 saturated heterocycles. The van der Waals surface area contributed by atoms with Gasteiger partial charge >= 0.3 is 6.09 Å². The van der Waals surface area contributed by atoms with Crippen LogP contribution in [0, 0.1) is 0 Å². The first-order valence-corrected chi connectivity index (χ1v) is 6.05. The Bertz CT molecular complexity index is 642. The predicted octanol–water partition coefficient (Wildman–Crippen LogP) is 2.65. The van der Waals surface area contributed by atoms with Gasteiger partial charge in [-0.05, 0) is 32.9 Å². The van der Waals surface area contributed by atoms with Crippen LogP contribution in [-0.4, -0.2) is 28.4 Å². The summed E-state index contributed by atoms with van der Waals surface area (Å²) < 4.78 is 10.4. The molecule has 2 aromatic heterocycles. The van der Waals surface area contributed by atoms with E-state index in [0.29, 0.717) is 11.6 Å². The molecule has 2 aromatic rings. The second-order valence-corrected chi connectivity index (χ2v) is 5.41. The van der Waals surface area contributed by atoms with E-state index in [0.717, 1.165) is 11.0 Å². The highest BCUT2D eigenvalue weighted by Gasteiger charge is 2.34. The molecule has 100 valence electrons. The fourth-order valence-corrected chi connectivity index (χ4v) is 2.15. The van der Waals surface area contributed by atoms with E-state index in [-0.39, 0.29) is 6.79 Å². The standard InChI is InChI=1S/C13H15N3O3/c1-13(2,3)16-9-6-8-4-5-14-10(8)15-11(9)18-7-19-12(16)17/h4-6H,7H2,1-3H3,(H,14,15). The van der Waals surface area contributed by atoms with Crippen LogP contribution in [0.15, 0.2) is 18.3 Å². The van der Waals surface area contributed by atoms with Crippen LogP contribution in [0.3, 0.4) is 0 Å². The minimum atomic E-state index is -0.428. The summed E-state index contributed by atoms with van der Waals surface area (Å²) in [4.78, 5) is 21.1. The van der Waals surface area contributed by atoms with Crippen molar-refractivity contribution in [3.63, 3.8) is 0 Å². The van der Waals surface area contributed by atoms with Gasteiger partial charge in [-0.15, -0.1) is 0 Å². The number of fused-ring (bicyclic) bond motifs is 2. The van der Waals surface area contributed by atoms with Gasteiger partial charge in [-0.2, -0.15) is 4.98 Å². The highest BCUT2D eigenvalue weighted by Crippen LogP contribution is 2.36. The first kappa shape index (κ1) is 11.8. The van der Waals surface area contributed by atoms with E-state index in [1.54, 1.807) is 11.1 Å². The zero-order valence-electron chi connectivity index (χ0n) is 11.1. The number of H-pyrrole nitrogens is 1. The van der Waals surface area contributed by atoms with E-state index in [9.17, 15) is 4.79 Å². The van der Waals surface area contributed by atoms with Crippen LogP contribution in [0.5, 0.6) is 5.88 Å². The van der Waals surface area contributed by atoms with Crippen LogP contribution in [0.25, 0.3) is 11.0 Å². The molecular formula is C13H15N3O3. The van der Waals surface area contributed by atoms with Gasteiger partial charge in [0.2, 0.25) is 12.7 Å². The third-order valence-electron chi connectivity index (χ3n) is 2.95. The van der Waals surface area contributed by atoms with Crippen molar-refractivity contribution in [2.75, 3.05) is 11.7 Å². The van der Waals surface area contributed by atoms with Gasteiger partial charge in [-0.3, -0.25) is 4.90 Å². The number of hydrogen-bond acceptors (Lipinski definition) is 4. The van der Waals surface area contributed by atoms with Crippen LogP contribution in [0.2, 0.25) is 0 Å². The fourth-order valence-electron chi connectivity index (χ4n) is 2.15. The number of nitrogens with one attached hydrogen (secondary N) is 1. The third-order valence-corrected chi connectivity index (χ3v) is 2.95. The Morgan fingerprint density at radius 1 is 1.37 bits per heavy atom. The molecule has 19 heavy (non-hydrogen) atoms. The van der Waals surface area contributed by atoms with E-state index in [1.807, 2.05) is 32.9 Å². The average Bonchev–Trinajstić information content (AvgIpc) is 2.67. The van der Waals surface area contributed by atoms with Gasteiger partial charge in [0.05, 0.1) is 0 Å². The lowest BCUT2D eigenvalue weighted by Gasteiger charge is -2.33. The normalized spacial score (nSPS) is 15.7. The molecule has 3 rings (SSSR count). The Morgan fingerprint density at radius 2 is 2.16 bits per heavy atom. The Morgan fingerprint density at radius 3 is 2.89 bits per heavy atom. The maximum Gasteiger partial charge on any atom is 0.417 e. The number of hydrogen-bond donors (Lipinski definition) is 1. The number of cyclic esters (lactones) is 1. The van der Waals surface area contributed by atoms with Gasteiger partial charge in [0.25, 0.3) is 0 Å². The molecule has 0 aromatic carbocycles. The van der Waals surface area contributed by atoms with Crippen molar-refractivity contribution in [1.29, 1.82) is 0 Å².